The quantitative estimate of drug-likeness (QED) is 0.220. The molecule has 1 aromatic heterocycles. The maximum Gasteiger partial charge on any atom is 0.204 e. The van der Waals surface area contributed by atoms with Crippen LogP contribution in [-0.2, 0) is 12.8 Å². The van der Waals surface area contributed by atoms with Crippen LogP contribution in [0.2, 0.25) is 0 Å². The molecule has 0 fully saturated rings. The van der Waals surface area contributed by atoms with E-state index in [2.05, 4.69) is 12.7 Å². The molecule has 7 nitrogen and oxygen atoms in total. The fourth-order valence-electron chi connectivity index (χ4n) is 4.18. The van der Waals surface area contributed by atoms with Crippen LogP contribution in [0.15, 0.2) is 56.8 Å². The van der Waals surface area contributed by atoms with Crippen molar-refractivity contribution in [2.45, 2.75) is 59.5 Å². The molecule has 1 heterocycles. The molecule has 0 aliphatic heterocycles. The van der Waals surface area contributed by atoms with Gasteiger partial charge in [-0.1, -0.05) is 35.5 Å². The van der Waals surface area contributed by atoms with Crippen LogP contribution in [0, 0.1) is 0 Å². The zero-order valence-corrected chi connectivity index (χ0v) is 21.4. The summed E-state index contributed by atoms with van der Waals surface area (Å²) in [5, 5.41) is 42.3. The first kappa shape index (κ1) is 26.9. The number of hydrogen-bond acceptors (Lipinski definition) is 7. The minimum atomic E-state index is -1.01. The van der Waals surface area contributed by atoms with E-state index in [1.807, 2.05) is 26.8 Å². The molecule has 0 saturated carbocycles. The third-order valence-corrected chi connectivity index (χ3v) is 6.26. The number of aliphatic hydroxyl groups excluding tert-OH is 1. The normalized spacial score (nSPS) is 12.7. The lowest BCUT2D eigenvalue weighted by molar-refractivity contribution is 0.209. The Kier molecular flexibility index (Phi) is 8.15. The van der Waals surface area contributed by atoms with Gasteiger partial charge in [-0.25, -0.2) is 0 Å². The summed E-state index contributed by atoms with van der Waals surface area (Å²) in [6.45, 7) is 11.4. The zero-order valence-electron chi connectivity index (χ0n) is 21.4. The first-order valence-corrected chi connectivity index (χ1v) is 11.8. The van der Waals surface area contributed by atoms with Crippen LogP contribution < -0.4 is 10.2 Å². The number of benzene rings is 2. The summed E-state index contributed by atoms with van der Waals surface area (Å²) < 4.78 is 11.3. The van der Waals surface area contributed by atoms with E-state index < -0.39 is 17.3 Å². The van der Waals surface area contributed by atoms with Crippen LogP contribution >= 0.6 is 0 Å². The molecule has 2 aromatic carbocycles. The summed E-state index contributed by atoms with van der Waals surface area (Å²) in [6.07, 6.45) is 5.03. The molecule has 4 N–H and O–H groups in total. The SMILES string of the molecule is C=C(C)C(O)Cc1c(O)cc2oc3cc(O)c(OC)c(C/C=C(\C)CCC=C(C)C)c3c(=O)c2c1O. The smallest absolute Gasteiger partial charge is 0.204 e. The van der Waals surface area contributed by atoms with Crippen molar-refractivity contribution in [3.8, 4) is 23.0 Å². The maximum absolute atomic E-state index is 13.7. The Morgan fingerprint density at radius 1 is 1.03 bits per heavy atom. The molecule has 7 heteroatoms. The number of hydrogen-bond donors (Lipinski definition) is 4. The number of phenols is 3. The lowest BCUT2D eigenvalue weighted by Crippen LogP contribution is -2.13. The van der Waals surface area contributed by atoms with Crippen molar-refractivity contribution in [3.05, 3.63) is 68.9 Å². The van der Waals surface area contributed by atoms with Crippen molar-refractivity contribution >= 4 is 21.9 Å². The van der Waals surface area contributed by atoms with E-state index in [-0.39, 0.29) is 51.2 Å². The molecule has 0 radical (unpaired) electrons. The lowest BCUT2D eigenvalue weighted by Gasteiger charge is -2.16. The fraction of sp³-hybridized carbons (Fsp3) is 0.345. The number of allylic oxidation sites excluding steroid dienone is 4. The highest BCUT2D eigenvalue weighted by atomic mass is 16.5. The highest BCUT2D eigenvalue weighted by Gasteiger charge is 2.24. The zero-order chi connectivity index (χ0) is 26.7. The molecule has 3 aromatic rings. The molecule has 0 aliphatic rings. The predicted octanol–water partition coefficient (Wildman–Crippen LogP) is 5.79. The van der Waals surface area contributed by atoms with Gasteiger partial charge in [0, 0.05) is 29.7 Å². The summed E-state index contributed by atoms with van der Waals surface area (Å²) >= 11 is 0. The third-order valence-electron chi connectivity index (χ3n) is 6.26. The number of aromatic hydroxyl groups is 3. The van der Waals surface area contributed by atoms with Gasteiger partial charge in [-0.15, -0.1) is 0 Å². The Balaban J connectivity index is 2.24. The number of aliphatic hydroxyl groups is 1. The van der Waals surface area contributed by atoms with Crippen molar-refractivity contribution < 1.29 is 29.6 Å². The molecule has 0 amide bonds. The number of fused-ring (bicyclic) bond motifs is 2. The number of methoxy groups -OCH3 is 1. The van der Waals surface area contributed by atoms with Crippen molar-refractivity contribution in [1.29, 1.82) is 0 Å². The monoisotopic (exact) mass is 494 g/mol. The second-order valence-corrected chi connectivity index (χ2v) is 9.45. The molecular formula is C29H34O7. The van der Waals surface area contributed by atoms with Crippen LogP contribution in [-0.4, -0.2) is 33.6 Å². The van der Waals surface area contributed by atoms with Crippen LogP contribution in [0.1, 0.15) is 51.7 Å². The standard InChI is InChI=1S/C29H34O7/c1-15(2)8-7-9-17(5)10-11-18-25-23(14-22(32)29(18)35-6)36-24-13-21(31)19(12-20(30)16(3)4)27(33)26(24)28(25)34/h8,10,13-14,20,30-33H,3,7,9,11-12H2,1-2,4-6H3/b17-10+. The van der Waals surface area contributed by atoms with Crippen molar-refractivity contribution in [1.82, 2.24) is 0 Å². The lowest BCUT2D eigenvalue weighted by atomic mass is 9.96. The Hall–Kier alpha value is -3.71. The molecule has 0 bridgehead atoms. The minimum Gasteiger partial charge on any atom is -0.507 e. The van der Waals surface area contributed by atoms with Crippen molar-refractivity contribution in [2.75, 3.05) is 7.11 Å². The summed E-state index contributed by atoms with van der Waals surface area (Å²) in [5.74, 6) is -0.825. The van der Waals surface area contributed by atoms with Gasteiger partial charge < -0.3 is 29.6 Å². The molecule has 0 aliphatic carbocycles. The summed E-state index contributed by atoms with van der Waals surface area (Å²) in [7, 11) is 1.41. The van der Waals surface area contributed by atoms with E-state index in [1.54, 1.807) is 6.92 Å². The van der Waals surface area contributed by atoms with Crippen LogP contribution in [0.4, 0.5) is 0 Å². The molecule has 1 unspecified atom stereocenters. The molecular weight excluding hydrogens is 460 g/mol. The van der Waals surface area contributed by atoms with Gasteiger partial charge in [-0.3, -0.25) is 4.79 Å². The average Bonchev–Trinajstić information content (AvgIpc) is 2.79. The average molecular weight is 495 g/mol. The summed E-state index contributed by atoms with van der Waals surface area (Å²) in [4.78, 5) is 13.7. The third kappa shape index (κ3) is 5.41. The van der Waals surface area contributed by atoms with Gasteiger partial charge in [0.1, 0.15) is 28.1 Å². The molecule has 3 rings (SSSR count). The Morgan fingerprint density at radius 2 is 1.67 bits per heavy atom. The number of phenolic OH excluding ortho intramolecular Hbond substituents is 3. The van der Waals surface area contributed by atoms with Crippen LogP contribution in [0.3, 0.4) is 0 Å². The Morgan fingerprint density at radius 3 is 2.28 bits per heavy atom. The van der Waals surface area contributed by atoms with E-state index in [4.69, 9.17) is 9.15 Å². The van der Waals surface area contributed by atoms with Crippen LogP contribution in [0.5, 0.6) is 23.0 Å². The first-order chi connectivity index (χ1) is 17.0. The minimum absolute atomic E-state index is 0.0203. The van der Waals surface area contributed by atoms with E-state index in [0.29, 0.717) is 17.6 Å². The van der Waals surface area contributed by atoms with Gasteiger partial charge in [0.05, 0.1) is 18.6 Å². The second-order valence-electron chi connectivity index (χ2n) is 9.45. The van der Waals surface area contributed by atoms with Gasteiger partial charge in [0.2, 0.25) is 5.43 Å². The van der Waals surface area contributed by atoms with Crippen LogP contribution in [0.25, 0.3) is 21.9 Å². The van der Waals surface area contributed by atoms with E-state index >= 15 is 0 Å². The van der Waals surface area contributed by atoms with E-state index in [0.717, 1.165) is 18.4 Å². The van der Waals surface area contributed by atoms with Gasteiger partial charge in [-0.05, 0) is 47.0 Å². The van der Waals surface area contributed by atoms with Gasteiger partial charge in [0.25, 0.3) is 0 Å². The van der Waals surface area contributed by atoms with Crippen molar-refractivity contribution in [3.63, 3.8) is 0 Å². The summed E-state index contributed by atoms with van der Waals surface area (Å²) in [6, 6.07) is 2.52. The second kappa shape index (κ2) is 10.9. The number of rotatable bonds is 9. The first-order valence-electron chi connectivity index (χ1n) is 11.8. The van der Waals surface area contributed by atoms with Gasteiger partial charge >= 0.3 is 0 Å². The summed E-state index contributed by atoms with van der Waals surface area (Å²) in [5.41, 5.74) is 2.79. The molecule has 1 atom stereocenters. The molecule has 36 heavy (non-hydrogen) atoms. The van der Waals surface area contributed by atoms with Gasteiger partial charge in [-0.2, -0.15) is 0 Å². The number of ether oxygens (including phenoxy) is 1. The largest absolute Gasteiger partial charge is 0.507 e. The topological polar surface area (TPSA) is 120 Å². The Bertz CT molecular complexity index is 1440. The molecule has 0 saturated heterocycles. The Labute approximate surface area is 210 Å². The maximum atomic E-state index is 13.7. The highest BCUT2D eigenvalue weighted by Crippen LogP contribution is 2.41. The van der Waals surface area contributed by atoms with E-state index in [1.165, 1.54) is 24.8 Å². The molecule has 0 spiro atoms. The van der Waals surface area contributed by atoms with E-state index in [9.17, 15) is 25.2 Å². The molecule has 192 valence electrons. The van der Waals surface area contributed by atoms with Crippen molar-refractivity contribution in [2.24, 2.45) is 0 Å². The highest BCUT2D eigenvalue weighted by molar-refractivity contribution is 5.97. The predicted molar refractivity (Wildman–Crippen MR) is 142 cm³/mol. The van der Waals surface area contributed by atoms with Gasteiger partial charge in [0.15, 0.2) is 11.5 Å². The fourth-order valence-corrected chi connectivity index (χ4v) is 4.18.